The second kappa shape index (κ2) is 8.92. The first-order valence-electron chi connectivity index (χ1n) is 8.28. The van der Waals surface area contributed by atoms with Gasteiger partial charge in [-0.1, -0.05) is 35.9 Å². The predicted molar refractivity (Wildman–Crippen MR) is 107 cm³/mol. The van der Waals surface area contributed by atoms with Gasteiger partial charge in [-0.25, -0.2) is 9.82 Å². The van der Waals surface area contributed by atoms with Crippen LogP contribution in [0.5, 0.6) is 0 Å². The van der Waals surface area contributed by atoms with Crippen molar-refractivity contribution in [1.82, 2.24) is 5.43 Å². The highest BCUT2D eigenvalue weighted by molar-refractivity contribution is 6.34. The minimum absolute atomic E-state index is 0.291. The van der Waals surface area contributed by atoms with E-state index in [1.165, 1.54) is 30.5 Å². The highest BCUT2D eigenvalue weighted by Gasteiger charge is 2.09. The first-order valence-corrected chi connectivity index (χ1v) is 8.65. The molecule has 0 radical (unpaired) electrons. The number of nitrogens with one attached hydrogen (secondary N) is 2. The van der Waals surface area contributed by atoms with Crippen LogP contribution in [-0.2, 0) is 0 Å². The Morgan fingerprint density at radius 3 is 2.43 bits per heavy atom. The average Bonchev–Trinajstić information content (AvgIpc) is 2.69. The van der Waals surface area contributed by atoms with Crippen molar-refractivity contribution in [2.45, 2.75) is 0 Å². The van der Waals surface area contributed by atoms with Crippen molar-refractivity contribution in [2.24, 2.45) is 5.10 Å². The maximum absolute atomic E-state index is 12.9. The summed E-state index contributed by atoms with van der Waals surface area (Å²) >= 11 is 6.03. The molecule has 0 saturated carbocycles. The predicted octanol–water partition coefficient (Wildman–Crippen LogP) is 4.50. The Kier molecular flexibility index (Phi) is 6.14. The van der Waals surface area contributed by atoms with E-state index in [2.05, 4.69) is 15.8 Å². The second-order valence-corrected chi connectivity index (χ2v) is 6.17. The average molecular weight is 396 g/mol. The second-order valence-electron chi connectivity index (χ2n) is 5.77. The van der Waals surface area contributed by atoms with Crippen LogP contribution in [0.3, 0.4) is 0 Å². The molecule has 2 amide bonds. The molecule has 5 nitrogen and oxygen atoms in total. The minimum Gasteiger partial charge on any atom is -0.322 e. The van der Waals surface area contributed by atoms with Crippen LogP contribution in [0.15, 0.2) is 77.9 Å². The van der Waals surface area contributed by atoms with Crippen LogP contribution in [0.4, 0.5) is 10.1 Å². The Morgan fingerprint density at radius 1 is 0.929 bits per heavy atom. The molecule has 140 valence electrons. The zero-order valence-electron chi connectivity index (χ0n) is 14.5. The lowest BCUT2D eigenvalue weighted by Crippen LogP contribution is -2.17. The Morgan fingerprint density at radius 2 is 1.68 bits per heavy atom. The van der Waals surface area contributed by atoms with E-state index in [9.17, 15) is 14.0 Å². The third kappa shape index (κ3) is 5.02. The summed E-state index contributed by atoms with van der Waals surface area (Å²) < 4.78 is 12.9. The van der Waals surface area contributed by atoms with E-state index in [1.54, 1.807) is 48.5 Å². The molecular weight excluding hydrogens is 381 g/mol. The van der Waals surface area contributed by atoms with Crippen molar-refractivity contribution in [1.29, 1.82) is 0 Å². The van der Waals surface area contributed by atoms with Gasteiger partial charge >= 0.3 is 0 Å². The number of hydrogen-bond acceptors (Lipinski definition) is 3. The first kappa shape index (κ1) is 19.3. The lowest BCUT2D eigenvalue weighted by atomic mass is 10.2. The molecule has 0 aliphatic rings. The Hall–Kier alpha value is -3.51. The first-order chi connectivity index (χ1) is 13.5. The van der Waals surface area contributed by atoms with Crippen molar-refractivity contribution in [3.8, 4) is 0 Å². The van der Waals surface area contributed by atoms with Crippen LogP contribution < -0.4 is 10.7 Å². The van der Waals surface area contributed by atoms with Gasteiger partial charge in [0, 0.05) is 11.3 Å². The minimum atomic E-state index is -0.459. The third-order valence-electron chi connectivity index (χ3n) is 3.75. The number of hydrogen-bond donors (Lipinski definition) is 2. The summed E-state index contributed by atoms with van der Waals surface area (Å²) in [7, 11) is 0. The fourth-order valence-electron chi connectivity index (χ4n) is 2.37. The van der Waals surface area contributed by atoms with E-state index in [4.69, 9.17) is 11.6 Å². The summed E-state index contributed by atoms with van der Waals surface area (Å²) in [6.45, 7) is 0. The van der Waals surface area contributed by atoms with E-state index >= 15 is 0 Å². The Labute approximate surface area is 165 Å². The summed E-state index contributed by atoms with van der Waals surface area (Å²) in [4.78, 5) is 24.2. The topological polar surface area (TPSA) is 70.6 Å². The maximum atomic E-state index is 12.9. The summed E-state index contributed by atoms with van der Waals surface area (Å²) in [5.41, 5.74) is 4.24. The molecule has 28 heavy (non-hydrogen) atoms. The molecule has 0 heterocycles. The van der Waals surface area contributed by atoms with Gasteiger partial charge in [0.1, 0.15) is 5.82 Å². The largest absolute Gasteiger partial charge is 0.322 e. The molecule has 3 aromatic rings. The number of amides is 2. The third-order valence-corrected chi connectivity index (χ3v) is 4.08. The number of halogens is 2. The van der Waals surface area contributed by atoms with Gasteiger partial charge < -0.3 is 5.32 Å². The smallest absolute Gasteiger partial charge is 0.271 e. The van der Waals surface area contributed by atoms with Gasteiger partial charge in [0.05, 0.1) is 16.8 Å². The van der Waals surface area contributed by atoms with Gasteiger partial charge in [-0.2, -0.15) is 5.10 Å². The summed E-state index contributed by atoms with van der Waals surface area (Å²) in [6.07, 6.45) is 1.44. The lowest BCUT2D eigenvalue weighted by Gasteiger charge is -2.07. The molecule has 0 unspecified atom stereocenters. The number of nitrogens with zero attached hydrogens (tertiary/aromatic N) is 1. The van der Waals surface area contributed by atoms with Gasteiger partial charge in [-0.05, 0) is 54.1 Å². The molecule has 0 saturated heterocycles. The molecule has 0 fully saturated rings. The number of carbonyl (C=O) groups is 2. The standard InChI is InChI=1S/C21H15ClFN3O2/c22-19-7-2-1-6-18(19)21(28)25-17-5-3-4-14(12-17)13-24-26-20(27)15-8-10-16(23)11-9-15/h1-13H,(H,25,28)(H,26,27)/b24-13-. The molecule has 0 aliphatic carbocycles. The van der Waals surface area contributed by atoms with Crippen LogP contribution >= 0.6 is 11.6 Å². The van der Waals surface area contributed by atoms with E-state index in [0.717, 1.165) is 0 Å². The summed E-state index contributed by atoms with van der Waals surface area (Å²) in [5, 5.41) is 7.00. The van der Waals surface area contributed by atoms with Gasteiger partial charge in [-0.15, -0.1) is 0 Å². The molecule has 3 rings (SSSR count). The summed E-state index contributed by atoms with van der Waals surface area (Å²) in [5.74, 6) is -1.21. The van der Waals surface area contributed by atoms with Gasteiger partial charge in [0.25, 0.3) is 11.8 Å². The van der Waals surface area contributed by atoms with Crippen LogP contribution in [0, 0.1) is 5.82 Å². The fourth-order valence-corrected chi connectivity index (χ4v) is 2.59. The van der Waals surface area contributed by atoms with Gasteiger partial charge in [0.2, 0.25) is 0 Å². The zero-order valence-corrected chi connectivity index (χ0v) is 15.3. The molecule has 2 N–H and O–H groups in total. The van der Waals surface area contributed by atoms with E-state index in [1.807, 2.05) is 0 Å². The molecule has 0 bridgehead atoms. The Balaban J connectivity index is 1.63. The molecular formula is C21H15ClFN3O2. The fraction of sp³-hybridized carbons (Fsp3) is 0. The number of benzene rings is 3. The maximum Gasteiger partial charge on any atom is 0.271 e. The monoisotopic (exact) mass is 395 g/mol. The van der Waals surface area contributed by atoms with Crippen molar-refractivity contribution >= 4 is 35.3 Å². The van der Waals surface area contributed by atoms with Crippen LogP contribution in [0.25, 0.3) is 0 Å². The number of rotatable bonds is 5. The van der Waals surface area contributed by atoms with E-state index in [-0.39, 0.29) is 5.91 Å². The number of anilines is 1. The summed E-state index contributed by atoms with van der Waals surface area (Å²) in [6, 6.07) is 18.8. The molecule has 7 heteroatoms. The zero-order chi connectivity index (χ0) is 19.9. The molecule has 3 aromatic carbocycles. The van der Waals surface area contributed by atoms with Crippen LogP contribution in [-0.4, -0.2) is 18.0 Å². The van der Waals surface area contributed by atoms with E-state index in [0.29, 0.717) is 27.4 Å². The van der Waals surface area contributed by atoms with Crippen LogP contribution in [0.2, 0.25) is 5.02 Å². The van der Waals surface area contributed by atoms with Crippen molar-refractivity contribution in [3.05, 3.63) is 100 Å². The van der Waals surface area contributed by atoms with Gasteiger partial charge in [0.15, 0.2) is 0 Å². The highest BCUT2D eigenvalue weighted by Crippen LogP contribution is 2.17. The molecule has 0 aromatic heterocycles. The Bertz CT molecular complexity index is 1040. The normalized spacial score (nSPS) is 10.6. The van der Waals surface area contributed by atoms with Crippen molar-refractivity contribution < 1.29 is 14.0 Å². The lowest BCUT2D eigenvalue weighted by molar-refractivity contribution is 0.0954. The van der Waals surface area contributed by atoms with Crippen molar-refractivity contribution in [2.75, 3.05) is 5.32 Å². The number of carbonyl (C=O) groups excluding carboxylic acids is 2. The highest BCUT2D eigenvalue weighted by atomic mass is 35.5. The molecule has 0 atom stereocenters. The molecule has 0 aliphatic heterocycles. The SMILES string of the molecule is O=C(N/N=C\c1cccc(NC(=O)c2ccccc2Cl)c1)c1ccc(F)cc1. The molecule has 0 spiro atoms. The van der Waals surface area contributed by atoms with Gasteiger partial charge in [-0.3, -0.25) is 9.59 Å². The van der Waals surface area contributed by atoms with Crippen LogP contribution in [0.1, 0.15) is 26.3 Å². The quantitative estimate of drug-likeness (QED) is 0.493. The number of hydrazone groups is 1. The van der Waals surface area contributed by atoms with Crippen molar-refractivity contribution in [3.63, 3.8) is 0 Å². The van der Waals surface area contributed by atoms with E-state index < -0.39 is 11.7 Å².